The summed E-state index contributed by atoms with van der Waals surface area (Å²) in [6.07, 6.45) is -52.7. The molecule has 0 radical (unpaired) electrons. The molecule has 0 amide bonds. The molecule has 0 saturated heterocycles. The third-order valence-electron chi connectivity index (χ3n) is 13.5. The third kappa shape index (κ3) is 13.9. The predicted molar refractivity (Wildman–Crippen MR) is 264 cm³/mol. The van der Waals surface area contributed by atoms with Crippen molar-refractivity contribution in [3.8, 4) is 11.6 Å². The van der Waals surface area contributed by atoms with E-state index in [1.807, 2.05) is 12.1 Å². The predicted octanol–water partition coefficient (Wildman–Crippen LogP) is 17.3. The number of benzene rings is 8. The molecule has 0 bridgehead atoms. The summed E-state index contributed by atoms with van der Waals surface area (Å²) in [6.45, 7) is 0.759. The summed E-state index contributed by atoms with van der Waals surface area (Å²) < 4.78 is 349. The molecule has 85 heavy (non-hydrogen) atoms. The van der Waals surface area contributed by atoms with Crippen LogP contribution >= 0.6 is 0 Å². The van der Waals surface area contributed by atoms with Crippen LogP contribution in [0.5, 0.6) is 11.6 Å². The molecule has 1 aromatic heterocycles. The highest BCUT2D eigenvalue weighted by molar-refractivity contribution is 7.20. The van der Waals surface area contributed by atoms with Crippen molar-refractivity contribution in [2.75, 3.05) is 0 Å². The van der Waals surface area contributed by atoms with E-state index in [4.69, 9.17) is 4.74 Å². The molecule has 9 aromatic rings. The average Bonchev–Trinajstić information content (AvgIpc) is 0.965. The average molecular weight is 1230 g/mol. The largest absolute Gasteiger partial charge is 0.416 e. The van der Waals surface area contributed by atoms with Gasteiger partial charge in [-0.05, 0) is 58.6 Å². The van der Waals surface area contributed by atoms with Crippen LogP contribution in [-0.4, -0.2) is 6.15 Å². The molecule has 0 atom stereocenters. The van der Waals surface area contributed by atoms with Gasteiger partial charge in [0.05, 0.1) is 49.9 Å². The van der Waals surface area contributed by atoms with Crippen molar-refractivity contribution in [3.63, 3.8) is 0 Å². The Morgan fingerprint density at radius 3 is 0.941 bits per heavy atom. The first-order valence-electron chi connectivity index (χ1n) is 24.1. The normalized spacial score (nSPS) is 13.2. The van der Waals surface area contributed by atoms with Crippen molar-refractivity contribution in [2.45, 2.75) is 56.0 Å². The SMILES string of the molecule is FC(F)(F)c1cc([B-](c2cc(C(F)(F)F)cc(C(F)(F)F)c2)(c2cc(C(F)(F)F)cc(C(F)(F)F)c2)c2cc(C(F)(F)F)cc(C(F)(F)F)c2)cc(C(F)(F)F)c1.c1ccc(C[n+]2ccc3ccccc3c2Oc2ccc3ccccc3c2)cc1. The molecule has 0 fully saturated rings. The number of fused-ring (bicyclic) bond motifs is 2. The molecule has 2 nitrogen and oxygen atoms in total. The van der Waals surface area contributed by atoms with Crippen molar-refractivity contribution >= 4 is 49.5 Å². The minimum absolute atomic E-state index is 0.691. The van der Waals surface area contributed by atoms with E-state index in [9.17, 15) is 105 Å². The molecule has 9 rings (SSSR count). The van der Waals surface area contributed by atoms with Gasteiger partial charge < -0.3 is 4.74 Å². The van der Waals surface area contributed by atoms with Gasteiger partial charge in [-0.25, -0.2) is 0 Å². The topological polar surface area (TPSA) is 13.1 Å². The summed E-state index contributed by atoms with van der Waals surface area (Å²) in [5, 5.41) is 4.66. The molecule has 0 unspecified atom stereocenters. The summed E-state index contributed by atoms with van der Waals surface area (Å²) >= 11 is 0. The zero-order valence-corrected chi connectivity index (χ0v) is 42.0. The fourth-order valence-corrected chi connectivity index (χ4v) is 9.66. The van der Waals surface area contributed by atoms with E-state index in [0.29, 0.717) is 0 Å². The van der Waals surface area contributed by atoms with Crippen LogP contribution in [0.1, 0.15) is 50.1 Å². The van der Waals surface area contributed by atoms with Gasteiger partial charge in [-0.15, -0.1) is 0 Å². The van der Waals surface area contributed by atoms with Crippen LogP contribution in [0.25, 0.3) is 21.5 Å². The van der Waals surface area contributed by atoms with Gasteiger partial charge in [0.2, 0.25) is 0 Å². The van der Waals surface area contributed by atoms with Crippen LogP contribution in [0.4, 0.5) is 105 Å². The maximum Gasteiger partial charge on any atom is 0.416 e. The lowest BCUT2D eigenvalue weighted by atomic mass is 9.12. The molecule has 0 aliphatic carbocycles. The lowest BCUT2D eigenvalue weighted by molar-refractivity contribution is -0.691. The fraction of sp³-hybridized carbons (Fsp3) is 0.155. The summed E-state index contributed by atoms with van der Waals surface area (Å²) in [4.78, 5) is 0. The first-order chi connectivity index (χ1) is 39.1. The molecule has 0 spiro atoms. The maximum absolute atomic E-state index is 14.2. The molecule has 0 aliphatic heterocycles. The number of pyridine rings is 1. The van der Waals surface area contributed by atoms with Gasteiger partial charge in [0.15, 0.2) is 12.7 Å². The van der Waals surface area contributed by atoms with E-state index in [1.165, 1.54) is 21.7 Å². The molecule has 0 saturated carbocycles. The first kappa shape index (κ1) is 62.7. The molecular weight excluding hydrogens is 1190 g/mol. The highest BCUT2D eigenvalue weighted by Crippen LogP contribution is 2.42. The number of halogens is 24. The highest BCUT2D eigenvalue weighted by atomic mass is 19.4. The lowest BCUT2D eigenvalue weighted by Gasteiger charge is -2.46. The number of hydrogen-bond donors (Lipinski definition) is 0. The molecular formula is C58H32BF24NO. The smallest absolute Gasteiger partial charge is 0.405 e. The number of nitrogens with zero attached hydrogens (tertiary/aromatic N) is 1. The Morgan fingerprint density at radius 1 is 0.294 bits per heavy atom. The van der Waals surface area contributed by atoms with Crippen molar-refractivity contribution in [1.82, 2.24) is 0 Å². The van der Waals surface area contributed by atoms with E-state index in [1.54, 1.807) is 0 Å². The Kier molecular flexibility index (Phi) is 16.4. The number of hydrogen-bond acceptors (Lipinski definition) is 1. The Balaban J connectivity index is 0.000000276. The molecule has 27 heteroatoms. The summed E-state index contributed by atoms with van der Waals surface area (Å²) in [6, 6.07) is 26.7. The number of aromatic nitrogens is 1. The standard InChI is InChI=1S/C32H12BF24.C26H20NO/c34-25(35,36)13-1-14(26(37,38)39)6-21(5-13)33(22-7-15(27(40,41)42)2-16(8-22)28(43,44)45,23-9-17(29(46,47)48)3-18(10-23)30(49,50)51)24-11-19(31(52,53)54)4-20(12-24)32(55,56)57;1-2-8-20(9-3-1)19-27-17-16-22-11-6-7-13-25(22)26(27)28-24-15-14-21-10-4-5-12-23(21)18-24/h1-12H;1-18H,19H2/q-1;+1. The van der Waals surface area contributed by atoms with Gasteiger partial charge in [-0.2, -0.15) is 132 Å². The Hall–Kier alpha value is -8.39. The van der Waals surface area contributed by atoms with Crippen molar-refractivity contribution in [1.29, 1.82) is 0 Å². The number of ether oxygens (including phenoxy) is 1. The second kappa shape index (κ2) is 22.2. The van der Waals surface area contributed by atoms with Crippen LogP contribution in [0, 0.1) is 0 Å². The maximum atomic E-state index is 14.2. The Labute approximate surface area is 463 Å². The van der Waals surface area contributed by atoms with E-state index < -0.39 is 195 Å². The summed E-state index contributed by atoms with van der Waals surface area (Å²) in [5.41, 5.74) is -29.0. The number of rotatable bonds is 8. The lowest BCUT2D eigenvalue weighted by Crippen LogP contribution is -2.75. The van der Waals surface area contributed by atoms with Crippen LogP contribution < -0.4 is 31.2 Å². The Bertz CT molecular complexity index is 3470. The van der Waals surface area contributed by atoms with Gasteiger partial charge in [0.25, 0.3) is 0 Å². The fourth-order valence-electron chi connectivity index (χ4n) is 9.66. The van der Waals surface area contributed by atoms with Crippen LogP contribution in [0.2, 0.25) is 0 Å². The zero-order valence-electron chi connectivity index (χ0n) is 42.0. The number of alkyl halides is 24. The van der Waals surface area contributed by atoms with Crippen LogP contribution in [0.15, 0.2) is 182 Å². The van der Waals surface area contributed by atoms with E-state index in [2.05, 4.69) is 102 Å². The molecule has 446 valence electrons. The van der Waals surface area contributed by atoms with Crippen LogP contribution in [-0.2, 0) is 56.0 Å². The second-order valence-electron chi connectivity index (χ2n) is 19.2. The second-order valence-corrected chi connectivity index (χ2v) is 19.2. The van der Waals surface area contributed by atoms with Gasteiger partial charge in [0, 0.05) is 11.6 Å². The van der Waals surface area contributed by atoms with Gasteiger partial charge in [-0.3, -0.25) is 0 Å². The quantitative estimate of drug-likeness (QED) is 0.0840. The van der Waals surface area contributed by atoms with Crippen molar-refractivity contribution in [2.24, 2.45) is 0 Å². The van der Waals surface area contributed by atoms with E-state index in [0.717, 1.165) is 23.6 Å². The van der Waals surface area contributed by atoms with E-state index >= 15 is 0 Å². The summed E-state index contributed by atoms with van der Waals surface area (Å²) in [5.74, 6) is 1.70. The summed E-state index contributed by atoms with van der Waals surface area (Å²) in [7, 11) is 0. The molecule has 0 aliphatic rings. The zero-order chi connectivity index (χ0) is 62.7. The highest BCUT2D eigenvalue weighted by Gasteiger charge is 2.47. The minimum atomic E-state index is -6.13. The molecule has 1 heterocycles. The van der Waals surface area contributed by atoms with E-state index in [-0.39, 0.29) is 0 Å². The first-order valence-corrected chi connectivity index (χ1v) is 24.1. The third-order valence-corrected chi connectivity index (χ3v) is 13.5. The molecule has 8 aromatic carbocycles. The Morgan fingerprint density at radius 2 is 0.600 bits per heavy atom. The monoisotopic (exact) mass is 1230 g/mol. The van der Waals surface area contributed by atoms with Crippen molar-refractivity contribution < 1.29 is 115 Å². The van der Waals surface area contributed by atoms with Gasteiger partial charge >= 0.3 is 55.3 Å². The van der Waals surface area contributed by atoms with Gasteiger partial charge in [0.1, 0.15) is 11.9 Å². The van der Waals surface area contributed by atoms with Crippen molar-refractivity contribution in [3.05, 3.63) is 232 Å². The molecule has 0 N–H and O–H groups in total. The minimum Gasteiger partial charge on any atom is -0.405 e. The van der Waals surface area contributed by atoms with Crippen LogP contribution in [0.3, 0.4) is 0 Å². The van der Waals surface area contributed by atoms with Gasteiger partial charge in [-0.1, -0.05) is 127 Å².